The number of fused-ring (bicyclic) bond motifs is 1. The third-order valence-corrected chi connectivity index (χ3v) is 5.42. The van der Waals surface area contributed by atoms with Crippen molar-refractivity contribution in [3.8, 4) is 11.5 Å². The van der Waals surface area contributed by atoms with Gasteiger partial charge in [0.1, 0.15) is 6.17 Å². The Kier molecular flexibility index (Phi) is 7.22. The number of likely N-dealkylation sites (N-methyl/N-ethyl adjacent to an activating group) is 1. The highest BCUT2D eigenvalue weighted by atomic mass is 79.9. The van der Waals surface area contributed by atoms with Gasteiger partial charge in [-0.2, -0.15) is 0 Å². The van der Waals surface area contributed by atoms with Gasteiger partial charge in [-0.3, -0.25) is 9.59 Å². The molecule has 1 unspecified atom stereocenters. The fourth-order valence-corrected chi connectivity index (χ4v) is 3.87. The SMILES string of the molecule is C=CCN1C(=O)c2ccccc2NC1c1cc(Br)c(OCC(=O)N(C)C)c(OCC)c1. The van der Waals surface area contributed by atoms with Gasteiger partial charge in [-0.25, -0.2) is 0 Å². The summed E-state index contributed by atoms with van der Waals surface area (Å²) in [6.45, 7) is 6.36. The lowest BCUT2D eigenvalue weighted by atomic mass is 10.0. The normalized spacial score (nSPS) is 15.0. The molecule has 0 fully saturated rings. The third-order valence-electron chi connectivity index (χ3n) is 4.83. The predicted octanol–water partition coefficient (Wildman–Crippen LogP) is 4.07. The van der Waals surface area contributed by atoms with Crippen LogP contribution in [0, 0.1) is 0 Å². The summed E-state index contributed by atoms with van der Waals surface area (Å²) in [5, 5.41) is 3.44. The van der Waals surface area contributed by atoms with Gasteiger partial charge in [-0.15, -0.1) is 6.58 Å². The van der Waals surface area contributed by atoms with Crippen LogP contribution in [-0.2, 0) is 4.79 Å². The maximum absolute atomic E-state index is 13.1. The zero-order chi connectivity index (χ0) is 22.5. The molecule has 0 saturated heterocycles. The van der Waals surface area contributed by atoms with Gasteiger partial charge < -0.3 is 24.6 Å². The Morgan fingerprint density at radius 3 is 2.71 bits per heavy atom. The van der Waals surface area contributed by atoms with Crippen molar-refractivity contribution in [2.45, 2.75) is 13.1 Å². The minimum Gasteiger partial charge on any atom is -0.490 e. The van der Waals surface area contributed by atoms with Crippen LogP contribution in [0.5, 0.6) is 11.5 Å². The summed E-state index contributed by atoms with van der Waals surface area (Å²) < 4.78 is 12.2. The number of nitrogens with zero attached hydrogens (tertiary/aromatic N) is 2. The predicted molar refractivity (Wildman–Crippen MR) is 124 cm³/mol. The summed E-state index contributed by atoms with van der Waals surface area (Å²) in [5.41, 5.74) is 2.20. The Labute approximate surface area is 190 Å². The molecular formula is C23H26BrN3O4. The van der Waals surface area contributed by atoms with Crippen LogP contribution in [0.15, 0.2) is 53.5 Å². The summed E-state index contributed by atoms with van der Waals surface area (Å²) in [4.78, 5) is 28.3. The van der Waals surface area contributed by atoms with Crippen molar-refractivity contribution in [3.05, 3.63) is 64.7 Å². The van der Waals surface area contributed by atoms with Gasteiger partial charge >= 0.3 is 0 Å². The van der Waals surface area contributed by atoms with Crippen molar-refractivity contribution < 1.29 is 19.1 Å². The van der Waals surface area contributed by atoms with Gasteiger partial charge in [0.25, 0.3) is 11.8 Å². The molecule has 7 nitrogen and oxygen atoms in total. The Balaban J connectivity index is 2.00. The Morgan fingerprint density at radius 2 is 2.03 bits per heavy atom. The van der Waals surface area contributed by atoms with E-state index in [1.807, 2.05) is 37.3 Å². The maximum atomic E-state index is 13.1. The van der Waals surface area contributed by atoms with Gasteiger partial charge in [-0.1, -0.05) is 18.2 Å². The number of benzene rings is 2. The first kappa shape index (κ1) is 22.7. The molecule has 0 radical (unpaired) electrons. The molecule has 2 aromatic carbocycles. The molecule has 1 atom stereocenters. The smallest absolute Gasteiger partial charge is 0.259 e. The van der Waals surface area contributed by atoms with Crippen LogP contribution < -0.4 is 14.8 Å². The highest BCUT2D eigenvalue weighted by molar-refractivity contribution is 9.10. The van der Waals surface area contributed by atoms with Crippen molar-refractivity contribution >= 4 is 33.4 Å². The van der Waals surface area contributed by atoms with Crippen LogP contribution in [0.3, 0.4) is 0 Å². The van der Waals surface area contributed by atoms with Crippen LogP contribution in [0.1, 0.15) is 29.0 Å². The lowest BCUT2D eigenvalue weighted by Crippen LogP contribution is -2.43. The molecule has 0 spiro atoms. The highest BCUT2D eigenvalue weighted by Gasteiger charge is 2.33. The van der Waals surface area contributed by atoms with Gasteiger partial charge in [0.05, 0.1) is 16.6 Å². The second kappa shape index (κ2) is 9.87. The third kappa shape index (κ3) is 4.85. The van der Waals surface area contributed by atoms with Crippen molar-refractivity contribution in [1.82, 2.24) is 9.80 Å². The molecule has 1 heterocycles. The lowest BCUT2D eigenvalue weighted by Gasteiger charge is -2.38. The molecule has 164 valence electrons. The molecule has 0 aliphatic carbocycles. The quantitative estimate of drug-likeness (QED) is 0.568. The Morgan fingerprint density at radius 1 is 1.29 bits per heavy atom. The average molecular weight is 488 g/mol. The van der Waals surface area contributed by atoms with Crippen LogP contribution in [0.25, 0.3) is 0 Å². The standard InChI is InChI=1S/C23H26BrN3O4/c1-5-11-27-22(25-18-10-8-7-9-16(18)23(27)29)15-12-17(24)21(19(13-15)30-6-2)31-14-20(28)26(3)4/h5,7-10,12-13,22,25H,1,6,11,14H2,2-4H3. The summed E-state index contributed by atoms with van der Waals surface area (Å²) in [6.07, 6.45) is 1.27. The number of anilines is 1. The Hall–Kier alpha value is -3.00. The van der Waals surface area contributed by atoms with Gasteiger partial charge in [0.2, 0.25) is 0 Å². The van der Waals surface area contributed by atoms with E-state index in [-0.39, 0.29) is 18.4 Å². The minimum absolute atomic E-state index is 0.0785. The molecule has 2 amide bonds. The summed E-state index contributed by atoms with van der Waals surface area (Å²) >= 11 is 3.55. The first-order valence-corrected chi connectivity index (χ1v) is 10.7. The van der Waals surface area contributed by atoms with Gasteiger partial charge in [-0.05, 0) is 52.7 Å². The molecule has 2 aromatic rings. The number of ether oxygens (including phenoxy) is 2. The molecule has 0 saturated carbocycles. The zero-order valence-corrected chi connectivity index (χ0v) is 19.4. The van der Waals surface area contributed by atoms with Crippen molar-refractivity contribution in [1.29, 1.82) is 0 Å². The molecule has 0 aromatic heterocycles. The number of para-hydroxylation sites is 1. The fraction of sp³-hybridized carbons (Fsp3) is 0.304. The number of amides is 2. The maximum Gasteiger partial charge on any atom is 0.259 e. The highest BCUT2D eigenvalue weighted by Crippen LogP contribution is 2.41. The zero-order valence-electron chi connectivity index (χ0n) is 17.9. The largest absolute Gasteiger partial charge is 0.490 e. The van der Waals surface area contributed by atoms with Crippen LogP contribution in [0.4, 0.5) is 5.69 Å². The fourth-order valence-electron chi connectivity index (χ4n) is 3.30. The van der Waals surface area contributed by atoms with Gasteiger partial charge in [0, 0.05) is 26.3 Å². The van der Waals surface area contributed by atoms with Crippen molar-refractivity contribution in [2.24, 2.45) is 0 Å². The van der Waals surface area contributed by atoms with E-state index < -0.39 is 6.17 Å². The number of carbonyl (C=O) groups excluding carboxylic acids is 2. The number of halogens is 1. The molecule has 3 rings (SSSR count). The molecular weight excluding hydrogens is 462 g/mol. The van der Waals surface area contributed by atoms with Crippen molar-refractivity contribution in [2.75, 3.05) is 39.2 Å². The molecule has 1 aliphatic rings. The molecule has 1 N–H and O–H groups in total. The summed E-state index contributed by atoms with van der Waals surface area (Å²) in [5.74, 6) is 0.695. The minimum atomic E-state index is -0.423. The number of hydrogen-bond donors (Lipinski definition) is 1. The average Bonchev–Trinajstić information content (AvgIpc) is 2.75. The van der Waals surface area contributed by atoms with Crippen molar-refractivity contribution in [3.63, 3.8) is 0 Å². The monoisotopic (exact) mass is 487 g/mol. The molecule has 8 heteroatoms. The molecule has 1 aliphatic heterocycles. The van der Waals surface area contributed by atoms with E-state index in [1.54, 1.807) is 31.1 Å². The number of hydrogen-bond acceptors (Lipinski definition) is 5. The van der Waals surface area contributed by atoms with Gasteiger partial charge in [0.15, 0.2) is 18.1 Å². The van der Waals surface area contributed by atoms with E-state index in [0.29, 0.717) is 34.7 Å². The van der Waals surface area contributed by atoms with E-state index in [9.17, 15) is 9.59 Å². The summed E-state index contributed by atoms with van der Waals surface area (Å²) in [7, 11) is 3.34. The number of carbonyl (C=O) groups is 2. The summed E-state index contributed by atoms with van der Waals surface area (Å²) in [6, 6.07) is 11.1. The lowest BCUT2D eigenvalue weighted by molar-refractivity contribution is -0.130. The van der Waals surface area contributed by atoms with Crippen LogP contribution in [-0.4, -0.2) is 55.5 Å². The first-order valence-electron chi connectivity index (χ1n) is 9.94. The second-order valence-corrected chi connectivity index (χ2v) is 8.03. The number of rotatable bonds is 8. The first-order chi connectivity index (χ1) is 14.9. The van der Waals surface area contributed by atoms with E-state index in [1.165, 1.54) is 4.90 Å². The second-order valence-electron chi connectivity index (χ2n) is 7.18. The Bertz CT molecular complexity index is 993. The number of nitrogens with one attached hydrogen (secondary N) is 1. The van der Waals surface area contributed by atoms with Crippen LogP contribution >= 0.6 is 15.9 Å². The van der Waals surface area contributed by atoms with E-state index in [4.69, 9.17) is 9.47 Å². The topological polar surface area (TPSA) is 71.1 Å². The molecule has 0 bridgehead atoms. The van der Waals surface area contributed by atoms with Crippen LogP contribution in [0.2, 0.25) is 0 Å². The van der Waals surface area contributed by atoms with E-state index in [0.717, 1.165) is 11.3 Å². The van der Waals surface area contributed by atoms with E-state index in [2.05, 4.69) is 27.8 Å². The molecule has 31 heavy (non-hydrogen) atoms. The van der Waals surface area contributed by atoms with E-state index >= 15 is 0 Å².